The predicted molar refractivity (Wildman–Crippen MR) is 90.3 cm³/mol. The molecule has 5 heteroatoms. The van der Waals surface area contributed by atoms with Crippen molar-refractivity contribution < 1.29 is 14.2 Å². The van der Waals surface area contributed by atoms with Gasteiger partial charge in [0.2, 0.25) is 5.91 Å². The molecule has 4 nitrogen and oxygen atoms in total. The van der Waals surface area contributed by atoms with Crippen molar-refractivity contribution in [3.8, 4) is 0 Å². The molecular formula is C18H24ClN2O2+. The average molecular weight is 336 g/mol. The van der Waals surface area contributed by atoms with Crippen LogP contribution >= 0.6 is 12.4 Å². The first-order chi connectivity index (χ1) is 10.7. The van der Waals surface area contributed by atoms with E-state index in [4.69, 9.17) is 0 Å². The van der Waals surface area contributed by atoms with E-state index < -0.39 is 0 Å². The highest BCUT2D eigenvalue weighted by Gasteiger charge is 2.36. The molecule has 1 atom stereocenters. The van der Waals surface area contributed by atoms with Crippen LogP contribution in [0, 0.1) is 0 Å². The number of allylic oxidation sites excluding steroid dienone is 1. The molecule has 3 heterocycles. The number of aryl methyl sites for hydroxylation is 1. The lowest BCUT2D eigenvalue weighted by molar-refractivity contribution is -0.702. The maximum Gasteiger partial charge on any atom is 0.229 e. The maximum absolute atomic E-state index is 12.2. The second-order valence-corrected chi connectivity index (χ2v) is 6.14. The van der Waals surface area contributed by atoms with E-state index in [1.54, 1.807) is 0 Å². The quantitative estimate of drug-likeness (QED) is 0.414. The van der Waals surface area contributed by atoms with E-state index in [0.717, 1.165) is 31.5 Å². The minimum absolute atomic E-state index is 0. The van der Waals surface area contributed by atoms with Crippen LogP contribution in [0.5, 0.6) is 0 Å². The van der Waals surface area contributed by atoms with Crippen molar-refractivity contribution in [2.24, 2.45) is 0 Å². The second kappa shape index (κ2) is 8.25. The summed E-state index contributed by atoms with van der Waals surface area (Å²) in [7, 11) is 0. The molecule has 0 aliphatic carbocycles. The summed E-state index contributed by atoms with van der Waals surface area (Å²) in [5.41, 5.74) is 1.01. The Morgan fingerprint density at radius 1 is 1.13 bits per heavy atom. The number of carbonyl (C=O) groups is 2. The lowest BCUT2D eigenvalue weighted by atomic mass is 10.1. The van der Waals surface area contributed by atoms with E-state index in [9.17, 15) is 9.59 Å². The molecule has 1 aromatic rings. The molecule has 1 aromatic heterocycles. The highest BCUT2D eigenvalue weighted by atomic mass is 35.5. The molecule has 0 bridgehead atoms. The van der Waals surface area contributed by atoms with Gasteiger partial charge in [-0.3, -0.25) is 9.59 Å². The fourth-order valence-electron chi connectivity index (χ4n) is 2.98. The highest BCUT2D eigenvalue weighted by molar-refractivity contribution is 5.85. The van der Waals surface area contributed by atoms with Gasteiger partial charge in [0.05, 0.1) is 18.9 Å². The van der Waals surface area contributed by atoms with Crippen molar-refractivity contribution in [3.05, 3.63) is 42.2 Å². The minimum Gasteiger partial charge on any atom is -0.332 e. The van der Waals surface area contributed by atoms with Gasteiger partial charge in [0.1, 0.15) is 5.78 Å². The topological polar surface area (TPSA) is 41.0 Å². The number of Topliss-reactive ketones (excluding diaryl/α,β-unsaturated/α-hetero) is 1. The van der Waals surface area contributed by atoms with Gasteiger partial charge < -0.3 is 4.90 Å². The zero-order valence-corrected chi connectivity index (χ0v) is 14.1. The first kappa shape index (κ1) is 17.7. The Labute approximate surface area is 143 Å². The van der Waals surface area contributed by atoms with Crippen LogP contribution in [0.4, 0.5) is 0 Å². The zero-order valence-electron chi connectivity index (χ0n) is 13.3. The molecule has 124 valence electrons. The molecule has 23 heavy (non-hydrogen) atoms. The van der Waals surface area contributed by atoms with Gasteiger partial charge in [-0.25, -0.2) is 4.57 Å². The summed E-state index contributed by atoms with van der Waals surface area (Å²) >= 11 is 0. The van der Waals surface area contributed by atoms with Crippen LogP contribution in [0.15, 0.2) is 36.5 Å². The Kier molecular flexibility index (Phi) is 6.34. The number of carbonyl (C=O) groups excluding carboxylic acids is 2. The number of rotatable bonds is 0. The van der Waals surface area contributed by atoms with Crippen molar-refractivity contribution in [1.82, 2.24) is 4.90 Å². The third-order valence-electron chi connectivity index (χ3n) is 4.38. The number of fused-ring (bicyclic) bond motifs is 2. The van der Waals surface area contributed by atoms with Crippen LogP contribution in [0.25, 0.3) is 0 Å². The zero-order chi connectivity index (χ0) is 15.4. The molecule has 0 radical (unpaired) electrons. The normalized spacial score (nSPS) is 23.7. The van der Waals surface area contributed by atoms with E-state index in [0.29, 0.717) is 31.8 Å². The van der Waals surface area contributed by atoms with Gasteiger partial charge in [-0.05, 0) is 19.3 Å². The molecule has 1 fully saturated rings. The van der Waals surface area contributed by atoms with Crippen LogP contribution in [0.1, 0.15) is 37.8 Å². The van der Waals surface area contributed by atoms with Crippen LogP contribution in [-0.4, -0.2) is 29.2 Å². The van der Waals surface area contributed by atoms with Crippen LogP contribution in [0.2, 0.25) is 0 Å². The number of hydrogen-bond acceptors (Lipinski definition) is 2. The lowest BCUT2D eigenvalue weighted by Gasteiger charge is -2.04. The lowest BCUT2D eigenvalue weighted by Crippen LogP contribution is -2.40. The molecule has 0 saturated carbocycles. The van der Waals surface area contributed by atoms with Crippen LogP contribution in [0.3, 0.4) is 0 Å². The Morgan fingerprint density at radius 3 is 2.87 bits per heavy atom. The maximum atomic E-state index is 12.2. The Morgan fingerprint density at radius 2 is 2.00 bits per heavy atom. The van der Waals surface area contributed by atoms with E-state index >= 15 is 0 Å². The predicted octanol–water partition coefficient (Wildman–Crippen LogP) is 2.24. The highest BCUT2D eigenvalue weighted by Crippen LogP contribution is 2.20. The number of pyridine rings is 1. The molecular weight excluding hydrogens is 312 g/mol. The summed E-state index contributed by atoms with van der Waals surface area (Å²) in [6, 6.07) is 6.21. The van der Waals surface area contributed by atoms with Gasteiger partial charge in [-0.2, -0.15) is 0 Å². The van der Waals surface area contributed by atoms with E-state index in [1.165, 1.54) is 0 Å². The minimum atomic E-state index is 0. The number of aromatic nitrogens is 1. The standard InChI is InChI=1S/C18H23N2O2.ClH/c21-17-9-4-2-1-3-8-16-14-20(16)18(22)10-12-19-11-6-5-7-15(19)13-17;/h3,5-8,11,16H,1-2,4,9-10,12-14H2;1H/q+1;/b8-3+;. The number of ketones is 1. The van der Waals surface area contributed by atoms with Crippen molar-refractivity contribution >= 4 is 24.1 Å². The van der Waals surface area contributed by atoms with Gasteiger partial charge in [-0.1, -0.05) is 18.2 Å². The summed E-state index contributed by atoms with van der Waals surface area (Å²) in [5.74, 6) is 0.495. The summed E-state index contributed by atoms with van der Waals surface area (Å²) in [5, 5.41) is 0. The summed E-state index contributed by atoms with van der Waals surface area (Å²) < 4.78 is 2.05. The number of halogens is 1. The SMILES string of the molecule is Cl.O=C1CCCC/C=C/C2CN2C(=O)CC[n+]2ccccc2C1. The Hall–Kier alpha value is -1.68. The van der Waals surface area contributed by atoms with E-state index in [1.807, 2.05) is 33.9 Å². The van der Waals surface area contributed by atoms with Gasteiger partial charge in [0.15, 0.2) is 18.4 Å². The third kappa shape index (κ3) is 4.90. The van der Waals surface area contributed by atoms with Crippen molar-refractivity contribution in [2.45, 2.75) is 51.1 Å². The first-order valence-electron chi connectivity index (χ1n) is 8.19. The van der Waals surface area contributed by atoms with Gasteiger partial charge in [0, 0.05) is 25.1 Å². The summed E-state index contributed by atoms with van der Waals surface area (Å²) in [6.07, 6.45) is 10.9. The fourth-order valence-corrected chi connectivity index (χ4v) is 2.98. The molecule has 2 aliphatic rings. The van der Waals surface area contributed by atoms with Crippen molar-refractivity contribution in [1.29, 1.82) is 0 Å². The monoisotopic (exact) mass is 335 g/mol. The van der Waals surface area contributed by atoms with Gasteiger partial charge in [0.25, 0.3) is 0 Å². The van der Waals surface area contributed by atoms with E-state index in [-0.39, 0.29) is 24.1 Å². The van der Waals surface area contributed by atoms with Crippen LogP contribution in [-0.2, 0) is 22.6 Å². The first-order valence-corrected chi connectivity index (χ1v) is 8.19. The summed E-state index contributed by atoms with van der Waals surface area (Å²) in [6.45, 7) is 1.51. The molecule has 1 saturated heterocycles. The Bertz CT molecular complexity index is 600. The number of nitrogens with zero attached hydrogens (tertiary/aromatic N) is 2. The molecule has 0 aromatic carbocycles. The summed E-state index contributed by atoms with van der Waals surface area (Å²) in [4.78, 5) is 26.2. The number of hydrogen-bond donors (Lipinski definition) is 0. The fraction of sp³-hybridized carbons (Fsp3) is 0.500. The Balaban J connectivity index is 0.00000192. The van der Waals surface area contributed by atoms with Gasteiger partial charge in [-0.15, -0.1) is 12.4 Å². The number of amides is 1. The largest absolute Gasteiger partial charge is 0.332 e. The molecule has 1 amide bonds. The molecule has 0 N–H and O–H groups in total. The third-order valence-corrected chi connectivity index (χ3v) is 4.38. The smallest absolute Gasteiger partial charge is 0.229 e. The molecule has 2 aliphatic heterocycles. The van der Waals surface area contributed by atoms with Crippen molar-refractivity contribution in [2.75, 3.05) is 6.54 Å². The van der Waals surface area contributed by atoms with Crippen LogP contribution < -0.4 is 4.57 Å². The van der Waals surface area contributed by atoms with Crippen molar-refractivity contribution in [3.63, 3.8) is 0 Å². The molecule has 1 unspecified atom stereocenters. The molecule has 0 spiro atoms. The average Bonchev–Trinajstić information content (AvgIpc) is 3.28. The van der Waals surface area contributed by atoms with E-state index in [2.05, 4.69) is 12.2 Å². The molecule has 3 rings (SSSR count). The van der Waals surface area contributed by atoms with Gasteiger partial charge >= 0.3 is 0 Å². The second-order valence-electron chi connectivity index (χ2n) is 6.14.